The van der Waals surface area contributed by atoms with Crippen molar-refractivity contribution in [1.82, 2.24) is 19.8 Å². The maximum Gasteiger partial charge on any atom is 0.230 e. The molecule has 2 aromatic rings. The number of aromatic nitrogens is 2. The van der Waals surface area contributed by atoms with Crippen molar-refractivity contribution in [3.05, 3.63) is 41.7 Å². The molecule has 1 fully saturated rings. The zero-order valence-corrected chi connectivity index (χ0v) is 16.5. The molecular weight excluding hydrogens is 344 g/mol. The molecule has 0 radical (unpaired) electrons. The Morgan fingerprint density at radius 2 is 1.88 bits per heavy atom. The maximum atomic E-state index is 12.1. The Bertz CT molecular complexity index is 717. The quantitative estimate of drug-likeness (QED) is 0.759. The number of rotatable bonds is 7. The van der Waals surface area contributed by atoms with Gasteiger partial charge in [0.1, 0.15) is 0 Å². The van der Waals surface area contributed by atoms with Gasteiger partial charge in [0.25, 0.3) is 0 Å². The fourth-order valence-electron chi connectivity index (χ4n) is 3.40. The van der Waals surface area contributed by atoms with E-state index in [0.717, 1.165) is 37.0 Å². The first-order chi connectivity index (χ1) is 12.6. The van der Waals surface area contributed by atoms with Crippen LogP contribution in [0.3, 0.4) is 0 Å². The third-order valence-electron chi connectivity index (χ3n) is 4.62. The summed E-state index contributed by atoms with van der Waals surface area (Å²) >= 11 is 1.48. The van der Waals surface area contributed by atoms with Crippen LogP contribution in [0.5, 0.6) is 0 Å². The molecule has 0 bridgehead atoms. The Labute approximate surface area is 160 Å². The minimum absolute atomic E-state index is 0.0713. The largest absolute Gasteiger partial charge is 0.354 e. The molecule has 0 aliphatic carbocycles. The zero-order valence-electron chi connectivity index (χ0n) is 15.7. The second-order valence-electron chi connectivity index (χ2n) is 6.97. The van der Waals surface area contributed by atoms with E-state index in [9.17, 15) is 4.79 Å². The minimum atomic E-state index is 0.0713. The summed E-state index contributed by atoms with van der Waals surface area (Å²) in [6.07, 6.45) is 7.64. The summed E-state index contributed by atoms with van der Waals surface area (Å²) in [5.41, 5.74) is 3.54. The van der Waals surface area contributed by atoms with Crippen LogP contribution in [0.2, 0.25) is 0 Å². The molecule has 1 aliphatic rings. The summed E-state index contributed by atoms with van der Waals surface area (Å²) in [5, 5.41) is 3.88. The van der Waals surface area contributed by atoms with Gasteiger partial charge in [-0.3, -0.25) is 9.36 Å². The zero-order chi connectivity index (χ0) is 18.4. The number of imidazole rings is 1. The van der Waals surface area contributed by atoms with Crippen LogP contribution in [0, 0.1) is 13.8 Å². The second-order valence-corrected chi connectivity index (χ2v) is 7.91. The van der Waals surface area contributed by atoms with Crippen LogP contribution in [-0.2, 0) is 4.79 Å². The van der Waals surface area contributed by atoms with Gasteiger partial charge in [-0.1, -0.05) is 24.2 Å². The number of hydrogen-bond donors (Lipinski definition) is 1. The van der Waals surface area contributed by atoms with Crippen molar-refractivity contribution >= 4 is 17.7 Å². The average Bonchev–Trinajstić information content (AvgIpc) is 3.09. The fourth-order valence-corrected chi connectivity index (χ4v) is 4.20. The van der Waals surface area contributed by atoms with Crippen molar-refractivity contribution in [3.63, 3.8) is 0 Å². The fraction of sp³-hybridized carbons (Fsp3) is 0.500. The summed E-state index contributed by atoms with van der Waals surface area (Å²) in [7, 11) is 0. The molecule has 1 aliphatic heterocycles. The number of likely N-dealkylation sites (tertiary alicyclic amines) is 1. The van der Waals surface area contributed by atoms with Gasteiger partial charge in [-0.15, -0.1) is 0 Å². The molecule has 140 valence electrons. The molecule has 1 N–H and O–H groups in total. The Morgan fingerprint density at radius 1 is 1.15 bits per heavy atom. The number of carbonyl (C=O) groups is 1. The molecule has 1 aromatic carbocycles. The number of piperidine rings is 1. The first kappa shape index (κ1) is 19.0. The molecule has 0 spiro atoms. The van der Waals surface area contributed by atoms with Gasteiger partial charge in [-0.05, 0) is 63.0 Å². The highest BCUT2D eigenvalue weighted by molar-refractivity contribution is 7.99. The number of nitrogens with zero attached hydrogens (tertiary/aromatic N) is 3. The van der Waals surface area contributed by atoms with Crippen molar-refractivity contribution < 1.29 is 4.79 Å². The van der Waals surface area contributed by atoms with Crippen molar-refractivity contribution in [2.24, 2.45) is 0 Å². The van der Waals surface area contributed by atoms with Crippen molar-refractivity contribution in [3.8, 4) is 5.69 Å². The van der Waals surface area contributed by atoms with Crippen LogP contribution < -0.4 is 5.32 Å². The Kier molecular flexibility index (Phi) is 6.74. The summed E-state index contributed by atoms with van der Waals surface area (Å²) in [4.78, 5) is 19.0. The minimum Gasteiger partial charge on any atom is -0.354 e. The molecule has 1 saturated heterocycles. The van der Waals surface area contributed by atoms with Gasteiger partial charge in [0.2, 0.25) is 5.91 Å². The number of amides is 1. The molecule has 0 unspecified atom stereocenters. The SMILES string of the molecule is Cc1cc(C)cc(-n2ccnc2SCC(=O)NCCN2CCCCC2)c1. The highest BCUT2D eigenvalue weighted by atomic mass is 32.2. The Morgan fingerprint density at radius 3 is 2.62 bits per heavy atom. The molecule has 1 aromatic heterocycles. The number of nitrogens with one attached hydrogen (secondary N) is 1. The highest BCUT2D eigenvalue weighted by Crippen LogP contribution is 2.22. The van der Waals surface area contributed by atoms with Crippen LogP contribution in [0.15, 0.2) is 35.7 Å². The predicted molar refractivity (Wildman–Crippen MR) is 107 cm³/mol. The van der Waals surface area contributed by atoms with Gasteiger partial charge in [0, 0.05) is 31.2 Å². The lowest BCUT2D eigenvalue weighted by molar-refractivity contribution is -0.118. The van der Waals surface area contributed by atoms with E-state index in [-0.39, 0.29) is 5.91 Å². The lowest BCUT2D eigenvalue weighted by Gasteiger charge is -2.26. The molecule has 1 amide bonds. The van der Waals surface area contributed by atoms with E-state index in [1.807, 2.05) is 10.8 Å². The van der Waals surface area contributed by atoms with Crippen LogP contribution in [0.25, 0.3) is 5.69 Å². The second kappa shape index (κ2) is 9.24. The van der Waals surface area contributed by atoms with E-state index < -0.39 is 0 Å². The van der Waals surface area contributed by atoms with Gasteiger partial charge in [0.05, 0.1) is 5.75 Å². The number of benzene rings is 1. The van der Waals surface area contributed by atoms with E-state index in [1.165, 1.54) is 42.2 Å². The first-order valence-electron chi connectivity index (χ1n) is 9.36. The van der Waals surface area contributed by atoms with E-state index in [2.05, 4.69) is 47.2 Å². The highest BCUT2D eigenvalue weighted by Gasteiger charge is 2.12. The normalized spacial score (nSPS) is 15.2. The summed E-state index contributed by atoms with van der Waals surface area (Å²) in [6, 6.07) is 6.43. The summed E-state index contributed by atoms with van der Waals surface area (Å²) < 4.78 is 2.05. The third-order valence-corrected chi connectivity index (χ3v) is 5.59. The van der Waals surface area contributed by atoms with Crippen LogP contribution in [0.1, 0.15) is 30.4 Å². The first-order valence-corrected chi connectivity index (χ1v) is 10.3. The molecule has 5 nitrogen and oxygen atoms in total. The van der Waals surface area contributed by atoms with E-state index in [0.29, 0.717) is 5.75 Å². The topological polar surface area (TPSA) is 50.2 Å². The summed E-state index contributed by atoms with van der Waals surface area (Å²) in [5.74, 6) is 0.462. The van der Waals surface area contributed by atoms with E-state index in [4.69, 9.17) is 0 Å². The lowest BCUT2D eigenvalue weighted by Crippen LogP contribution is -2.38. The van der Waals surface area contributed by atoms with Gasteiger partial charge in [-0.25, -0.2) is 4.98 Å². The molecule has 3 rings (SSSR count). The molecule has 0 saturated carbocycles. The van der Waals surface area contributed by atoms with E-state index >= 15 is 0 Å². The molecular formula is C20H28N4OS. The Hall–Kier alpha value is -1.79. The molecule has 6 heteroatoms. The van der Waals surface area contributed by atoms with Crippen LogP contribution in [0.4, 0.5) is 0 Å². The lowest BCUT2D eigenvalue weighted by atomic mass is 10.1. The van der Waals surface area contributed by atoms with Gasteiger partial charge >= 0.3 is 0 Å². The predicted octanol–water partition coefficient (Wildman–Crippen LogP) is 3.18. The average molecular weight is 373 g/mol. The smallest absolute Gasteiger partial charge is 0.230 e. The van der Waals surface area contributed by atoms with Gasteiger partial charge < -0.3 is 10.2 Å². The standard InChI is InChI=1S/C20H28N4OS/c1-16-12-17(2)14-18(13-16)24-11-7-22-20(24)26-15-19(25)21-6-10-23-8-4-3-5-9-23/h7,11-14H,3-6,8-10,15H2,1-2H3,(H,21,25). The van der Waals surface area contributed by atoms with Gasteiger partial charge in [0.15, 0.2) is 5.16 Å². The molecule has 0 atom stereocenters. The summed E-state index contributed by atoms with van der Waals surface area (Å²) in [6.45, 7) is 8.19. The molecule has 2 heterocycles. The van der Waals surface area contributed by atoms with Crippen molar-refractivity contribution in [2.45, 2.75) is 38.3 Å². The number of aryl methyl sites for hydroxylation is 2. The van der Waals surface area contributed by atoms with Crippen molar-refractivity contribution in [1.29, 1.82) is 0 Å². The Balaban J connectivity index is 1.49. The van der Waals surface area contributed by atoms with E-state index in [1.54, 1.807) is 6.20 Å². The third kappa shape index (κ3) is 5.35. The monoisotopic (exact) mass is 372 g/mol. The molecule has 26 heavy (non-hydrogen) atoms. The number of thioether (sulfide) groups is 1. The van der Waals surface area contributed by atoms with Crippen LogP contribution >= 0.6 is 11.8 Å². The van der Waals surface area contributed by atoms with Crippen LogP contribution in [-0.4, -0.2) is 52.3 Å². The number of carbonyl (C=O) groups excluding carboxylic acids is 1. The van der Waals surface area contributed by atoms with Gasteiger partial charge in [-0.2, -0.15) is 0 Å². The number of hydrogen-bond acceptors (Lipinski definition) is 4. The van der Waals surface area contributed by atoms with Crippen molar-refractivity contribution in [2.75, 3.05) is 31.9 Å². The maximum absolute atomic E-state index is 12.1.